The maximum atomic E-state index is 12.2. The second-order valence-corrected chi connectivity index (χ2v) is 5.11. The van der Waals surface area contributed by atoms with Gasteiger partial charge in [0.2, 0.25) is 0 Å². The van der Waals surface area contributed by atoms with Crippen LogP contribution < -0.4 is 22.1 Å². The molecular weight excluding hydrogens is 336 g/mol. The van der Waals surface area contributed by atoms with Crippen molar-refractivity contribution in [1.82, 2.24) is 0 Å². The van der Waals surface area contributed by atoms with Crippen LogP contribution in [-0.4, -0.2) is 11.9 Å². The molecule has 0 radical (unpaired) electrons. The third-order valence-electron chi connectivity index (χ3n) is 2.65. The Kier molecular flexibility index (Phi) is 4.44. The molecule has 0 saturated carbocycles. The minimum atomic E-state index is -0.643. The Labute approximate surface area is 129 Å². The Morgan fingerprint density at radius 3 is 2.10 bits per heavy atom. The van der Waals surface area contributed by atoms with Gasteiger partial charge in [-0.05, 0) is 58.4 Å². The number of benzene rings is 2. The molecule has 6 nitrogen and oxygen atoms in total. The van der Waals surface area contributed by atoms with Crippen molar-refractivity contribution in [3.63, 3.8) is 0 Å². The van der Waals surface area contributed by atoms with Crippen LogP contribution in [0, 0.1) is 0 Å². The molecule has 0 aliphatic carbocycles. The highest BCUT2D eigenvalue weighted by Gasteiger charge is 2.10. The van der Waals surface area contributed by atoms with Crippen molar-refractivity contribution in [3.05, 3.63) is 52.5 Å². The van der Waals surface area contributed by atoms with Crippen LogP contribution in [0.4, 0.5) is 21.9 Å². The van der Waals surface area contributed by atoms with Gasteiger partial charge in [0.05, 0.1) is 5.56 Å². The Morgan fingerprint density at radius 1 is 0.952 bits per heavy atom. The van der Waals surface area contributed by atoms with Crippen molar-refractivity contribution < 1.29 is 9.59 Å². The van der Waals surface area contributed by atoms with E-state index in [4.69, 9.17) is 11.5 Å². The van der Waals surface area contributed by atoms with Crippen molar-refractivity contribution in [2.45, 2.75) is 0 Å². The predicted molar refractivity (Wildman–Crippen MR) is 86.2 cm³/mol. The maximum Gasteiger partial charge on any atom is 0.316 e. The lowest BCUT2D eigenvalue weighted by atomic mass is 10.2. The van der Waals surface area contributed by atoms with Crippen LogP contribution in [-0.2, 0) is 0 Å². The molecule has 7 heteroatoms. The summed E-state index contributed by atoms with van der Waals surface area (Å²) in [5.74, 6) is -0.287. The summed E-state index contributed by atoms with van der Waals surface area (Å²) in [6.07, 6.45) is 0. The smallest absolute Gasteiger partial charge is 0.316 e. The van der Waals surface area contributed by atoms with E-state index in [2.05, 4.69) is 26.6 Å². The van der Waals surface area contributed by atoms with E-state index in [1.54, 1.807) is 42.5 Å². The number of nitrogen functional groups attached to an aromatic ring is 1. The third-order valence-corrected chi connectivity index (χ3v) is 3.34. The highest BCUT2D eigenvalue weighted by molar-refractivity contribution is 9.10. The number of urea groups is 1. The molecule has 0 aromatic heterocycles. The van der Waals surface area contributed by atoms with Crippen molar-refractivity contribution in [2.24, 2.45) is 5.73 Å². The first-order valence-electron chi connectivity index (χ1n) is 5.98. The van der Waals surface area contributed by atoms with Crippen molar-refractivity contribution >= 4 is 44.9 Å². The molecule has 2 aromatic rings. The fraction of sp³-hybridized carbons (Fsp3) is 0. The van der Waals surface area contributed by atoms with Gasteiger partial charge in [-0.1, -0.05) is 0 Å². The summed E-state index contributed by atoms with van der Waals surface area (Å²) >= 11 is 3.31. The SMILES string of the molecule is NC(=O)Nc1ccc(NC(=O)c2cc(N)ccc2Br)cc1. The molecule has 0 spiro atoms. The van der Waals surface area contributed by atoms with Gasteiger partial charge in [0.25, 0.3) is 5.91 Å². The van der Waals surface area contributed by atoms with Crippen molar-refractivity contribution in [3.8, 4) is 0 Å². The molecule has 0 saturated heterocycles. The number of hydrogen-bond acceptors (Lipinski definition) is 3. The number of primary amides is 1. The summed E-state index contributed by atoms with van der Waals surface area (Å²) in [7, 11) is 0. The molecule has 3 amide bonds. The number of anilines is 3. The molecule has 2 rings (SSSR count). The monoisotopic (exact) mass is 348 g/mol. The molecule has 0 bridgehead atoms. The zero-order valence-electron chi connectivity index (χ0n) is 10.9. The molecular formula is C14H13BrN4O2. The van der Waals surface area contributed by atoms with Crippen LogP contribution in [0.1, 0.15) is 10.4 Å². The average Bonchev–Trinajstić information content (AvgIpc) is 2.43. The number of hydrogen-bond donors (Lipinski definition) is 4. The Bertz CT molecular complexity index is 686. The van der Waals surface area contributed by atoms with E-state index < -0.39 is 6.03 Å². The van der Waals surface area contributed by atoms with E-state index in [1.165, 1.54) is 0 Å². The number of nitrogens with one attached hydrogen (secondary N) is 2. The lowest BCUT2D eigenvalue weighted by Gasteiger charge is -2.08. The second kappa shape index (κ2) is 6.27. The Hall–Kier alpha value is -2.54. The molecule has 0 aliphatic heterocycles. The molecule has 108 valence electrons. The van der Waals surface area contributed by atoms with Crippen molar-refractivity contribution in [1.29, 1.82) is 0 Å². The minimum absolute atomic E-state index is 0.287. The standard InChI is InChI=1S/C14H13BrN4O2/c15-12-6-1-8(16)7-11(12)13(20)18-9-2-4-10(5-3-9)19-14(17)21/h1-7H,16H2,(H,18,20)(H3,17,19,21). The molecule has 2 aromatic carbocycles. The number of amides is 3. The largest absolute Gasteiger partial charge is 0.399 e. The highest BCUT2D eigenvalue weighted by Crippen LogP contribution is 2.21. The first kappa shape index (κ1) is 14.9. The normalized spacial score (nSPS) is 9.95. The summed E-state index contributed by atoms with van der Waals surface area (Å²) < 4.78 is 0.654. The first-order valence-corrected chi connectivity index (χ1v) is 6.78. The Balaban J connectivity index is 2.12. The molecule has 0 aliphatic rings. The zero-order chi connectivity index (χ0) is 15.4. The fourth-order valence-corrected chi connectivity index (χ4v) is 2.12. The van der Waals surface area contributed by atoms with Crippen LogP contribution in [0.15, 0.2) is 46.9 Å². The number of carbonyl (C=O) groups is 2. The minimum Gasteiger partial charge on any atom is -0.399 e. The topological polar surface area (TPSA) is 110 Å². The van der Waals surface area contributed by atoms with E-state index in [-0.39, 0.29) is 5.91 Å². The van der Waals surface area contributed by atoms with Gasteiger partial charge in [0, 0.05) is 21.5 Å². The summed E-state index contributed by atoms with van der Waals surface area (Å²) in [6, 6.07) is 10.9. The molecule has 21 heavy (non-hydrogen) atoms. The number of rotatable bonds is 3. The number of halogens is 1. The van der Waals surface area contributed by atoms with Crippen LogP contribution in [0.25, 0.3) is 0 Å². The lowest BCUT2D eigenvalue weighted by Crippen LogP contribution is -2.19. The second-order valence-electron chi connectivity index (χ2n) is 4.26. The molecule has 0 heterocycles. The first-order chi connectivity index (χ1) is 9.95. The van der Waals surface area contributed by atoms with Gasteiger partial charge >= 0.3 is 6.03 Å². The molecule has 0 unspecified atom stereocenters. The van der Waals surface area contributed by atoms with Gasteiger partial charge in [0.1, 0.15) is 0 Å². The average molecular weight is 349 g/mol. The third kappa shape index (κ3) is 3.96. The Morgan fingerprint density at radius 2 is 1.52 bits per heavy atom. The maximum absolute atomic E-state index is 12.2. The summed E-state index contributed by atoms with van der Waals surface area (Å²) in [6.45, 7) is 0. The number of nitrogens with two attached hydrogens (primary N) is 2. The molecule has 0 atom stereocenters. The summed E-state index contributed by atoms with van der Waals surface area (Å²) in [5.41, 5.74) is 12.8. The van der Waals surface area contributed by atoms with Gasteiger partial charge in [-0.2, -0.15) is 0 Å². The van der Waals surface area contributed by atoms with E-state index in [9.17, 15) is 9.59 Å². The molecule has 0 fully saturated rings. The van der Waals surface area contributed by atoms with E-state index >= 15 is 0 Å². The predicted octanol–water partition coefficient (Wildman–Crippen LogP) is 2.77. The van der Waals surface area contributed by atoms with Crippen LogP contribution in [0.2, 0.25) is 0 Å². The lowest BCUT2D eigenvalue weighted by molar-refractivity contribution is 0.102. The molecule has 6 N–H and O–H groups in total. The fourth-order valence-electron chi connectivity index (χ4n) is 1.69. The highest BCUT2D eigenvalue weighted by atomic mass is 79.9. The summed E-state index contributed by atoms with van der Waals surface area (Å²) in [5, 5.41) is 5.17. The van der Waals surface area contributed by atoms with Gasteiger partial charge in [0.15, 0.2) is 0 Å². The van der Waals surface area contributed by atoms with Gasteiger partial charge in [-0.15, -0.1) is 0 Å². The van der Waals surface area contributed by atoms with Gasteiger partial charge in [-0.25, -0.2) is 4.79 Å². The van der Waals surface area contributed by atoms with E-state index in [1.807, 2.05) is 0 Å². The number of carbonyl (C=O) groups excluding carboxylic acids is 2. The van der Waals surface area contributed by atoms with Crippen LogP contribution in [0.3, 0.4) is 0 Å². The zero-order valence-corrected chi connectivity index (χ0v) is 12.5. The van der Waals surface area contributed by atoms with Gasteiger partial charge in [-0.3, -0.25) is 4.79 Å². The van der Waals surface area contributed by atoms with Crippen LogP contribution >= 0.6 is 15.9 Å². The van der Waals surface area contributed by atoms with Gasteiger partial charge < -0.3 is 22.1 Å². The van der Waals surface area contributed by atoms with E-state index in [0.717, 1.165) is 0 Å². The van der Waals surface area contributed by atoms with Crippen molar-refractivity contribution in [2.75, 3.05) is 16.4 Å². The van der Waals surface area contributed by atoms with Crippen LogP contribution in [0.5, 0.6) is 0 Å². The quantitative estimate of drug-likeness (QED) is 0.640. The summed E-state index contributed by atoms with van der Waals surface area (Å²) in [4.78, 5) is 22.9. The van der Waals surface area contributed by atoms with E-state index in [0.29, 0.717) is 27.1 Å².